The smallest absolute Gasteiger partial charge is 0.270 e. The molecule has 1 aromatic carbocycles. The second-order valence-corrected chi connectivity index (χ2v) is 5.28. The van der Waals surface area contributed by atoms with E-state index >= 15 is 0 Å². The van der Waals surface area contributed by atoms with Crippen LogP contribution in [0.2, 0.25) is 0 Å². The molecule has 1 aliphatic heterocycles. The highest BCUT2D eigenvalue weighted by molar-refractivity contribution is 5.93. The summed E-state index contributed by atoms with van der Waals surface area (Å²) in [5.74, 6) is -0.192. The van der Waals surface area contributed by atoms with Gasteiger partial charge in [-0.3, -0.25) is 4.79 Å². The fourth-order valence-electron chi connectivity index (χ4n) is 2.56. The van der Waals surface area contributed by atoms with Crippen LogP contribution >= 0.6 is 0 Å². The Bertz CT molecular complexity index is 708. The third-order valence-electron chi connectivity index (χ3n) is 3.72. The van der Waals surface area contributed by atoms with Gasteiger partial charge in [-0.25, -0.2) is 4.98 Å². The predicted octanol–water partition coefficient (Wildman–Crippen LogP) is 2.03. The number of aromatic nitrogens is 1. The summed E-state index contributed by atoms with van der Waals surface area (Å²) in [5.41, 5.74) is 2.16. The third-order valence-corrected chi connectivity index (χ3v) is 3.72. The molecule has 0 radical (unpaired) electrons. The number of benzene rings is 1. The van der Waals surface area contributed by atoms with E-state index < -0.39 is 0 Å². The van der Waals surface area contributed by atoms with E-state index in [1.807, 2.05) is 42.5 Å². The molecule has 3 rings (SSSR count). The van der Waals surface area contributed by atoms with Crippen LogP contribution in [0.3, 0.4) is 0 Å². The second-order valence-electron chi connectivity index (χ2n) is 5.28. The summed E-state index contributed by atoms with van der Waals surface area (Å²) >= 11 is 0. The van der Waals surface area contributed by atoms with Crippen molar-refractivity contribution in [2.45, 2.75) is 12.5 Å². The summed E-state index contributed by atoms with van der Waals surface area (Å²) in [6.07, 6.45) is 2.89. The third kappa shape index (κ3) is 3.07. The molecule has 5 nitrogen and oxygen atoms in total. The highest BCUT2D eigenvalue weighted by Gasteiger charge is 2.23. The van der Waals surface area contributed by atoms with Crippen LogP contribution in [0.25, 0.3) is 11.3 Å². The minimum atomic E-state index is -0.192. The number of likely N-dealkylation sites (tertiary alicyclic amines) is 1. The van der Waals surface area contributed by atoms with Crippen molar-refractivity contribution in [3.05, 3.63) is 54.2 Å². The summed E-state index contributed by atoms with van der Waals surface area (Å²) in [4.78, 5) is 18.4. The molecular formula is C17H16N4O. The van der Waals surface area contributed by atoms with Crippen molar-refractivity contribution in [3.63, 3.8) is 0 Å². The Morgan fingerprint density at radius 2 is 2.05 bits per heavy atom. The zero-order chi connectivity index (χ0) is 15.4. The van der Waals surface area contributed by atoms with Crippen molar-refractivity contribution in [1.29, 1.82) is 5.26 Å². The average molecular weight is 292 g/mol. The van der Waals surface area contributed by atoms with E-state index in [2.05, 4.69) is 16.5 Å². The molecule has 0 spiro atoms. The van der Waals surface area contributed by atoms with Gasteiger partial charge in [0, 0.05) is 24.7 Å². The molecule has 1 aromatic heterocycles. The van der Waals surface area contributed by atoms with E-state index in [0.717, 1.165) is 17.7 Å². The maximum absolute atomic E-state index is 12.3. The van der Waals surface area contributed by atoms with Crippen LogP contribution in [0.15, 0.2) is 48.5 Å². The number of amides is 1. The van der Waals surface area contributed by atoms with Crippen molar-refractivity contribution in [3.8, 4) is 17.5 Å². The fraction of sp³-hybridized carbons (Fsp3) is 0.235. The van der Waals surface area contributed by atoms with Gasteiger partial charge in [0.1, 0.15) is 5.69 Å². The van der Waals surface area contributed by atoms with Crippen molar-refractivity contribution < 1.29 is 4.79 Å². The average Bonchev–Trinajstić information content (AvgIpc) is 3.03. The van der Waals surface area contributed by atoms with E-state index in [0.29, 0.717) is 18.8 Å². The molecule has 110 valence electrons. The number of rotatable bonds is 3. The number of carbonyl (C=O) groups is 1. The standard InChI is InChI=1S/C17H16N4O/c18-12-21-10-9-14(11-21)19-17(22)16-8-4-7-15(20-16)13-5-2-1-3-6-13/h1-8,14H,9-11H2,(H,19,22)/t14-/m1/s1. The minimum absolute atomic E-state index is 0.00864. The molecule has 0 bridgehead atoms. The van der Waals surface area contributed by atoms with Crippen molar-refractivity contribution in [2.24, 2.45) is 0 Å². The number of hydrogen-bond acceptors (Lipinski definition) is 4. The monoisotopic (exact) mass is 292 g/mol. The number of carbonyl (C=O) groups excluding carboxylic acids is 1. The normalized spacial score (nSPS) is 17.0. The van der Waals surface area contributed by atoms with Gasteiger partial charge in [-0.2, -0.15) is 5.26 Å². The molecule has 0 aliphatic carbocycles. The van der Waals surface area contributed by atoms with Gasteiger partial charge in [-0.1, -0.05) is 36.4 Å². The summed E-state index contributed by atoms with van der Waals surface area (Å²) < 4.78 is 0. The number of nitriles is 1. The molecule has 22 heavy (non-hydrogen) atoms. The van der Waals surface area contributed by atoms with Crippen LogP contribution in [0.4, 0.5) is 0 Å². The van der Waals surface area contributed by atoms with Crippen molar-refractivity contribution >= 4 is 5.91 Å². The predicted molar refractivity (Wildman–Crippen MR) is 82.7 cm³/mol. The Morgan fingerprint density at radius 1 is 1.23 bits per heavy atom. The number of hydrogen-bond donors (Lipinski definition) is 1. The van der Waals surface area contributed by atoms with Gasteiger partial charge in [-0.05, 0) is 18.6 Å². The number of nitrogens with zero attached hydrogens (tertiary/aromatic N) is 3. The van der Waals surface area contributed by atoms with Gasteiger partial charge in [0.2, 0.25) is 0 Å². The van der Waals surface area contributed by atoms with Crippen LogP contribution in [-0.4, -0.2) is 34.9 Å². The molecule has 1 aliphatic rings. The van der Waals surface area contributed by atoms with Gasteiger partial charge in [0.25, 0.3) is 5.91 Å². The Balaban J connectivity index is 1.73. The molecule has 1 amide bonds. The Hall–Kier alpha value is -2.87. The molecule has 0 unspecified atom stereocenters. The summed E-state index contributed by atoms with van der Waals surface area (Å²) in [6.45, 7) is 1.26. The Morgan fingerprint density at radius 3 is 2.77 bits per heavy atom. The molecule has 2 heterocycles. The topological polar surface area (TPSA) is 69.0 Å². The molecular weight excluding hydrogens is 276 g/mol. The van der Waals surface area contributed by atoms with Crippen LogP contribution in [0.5, 0.6) is 0 Å². The van der Waals surface area contributed by atoms with Crippen molar-refractivity contribution in [2.75, 3.05) is 13.1 Å². The Labute approximate surface area is 129 Å². The van der Waals surface area contributed by atoms with E-state index in [9.17, 15) is 4.79 Å². The lowest BCUT2D eigenvalue weighted by Gasteiger charge is -2.12. The highest BCUT2D eigenvalue weighted by Crippen LogP contribution is 2.16. The first-order chi connectivity index (χ1) is 10.8. The maximum atomic E-state index is 12.3. The zero-order valence-corrected chi connectivity index (χ0v) is 12.1. The van der Waals surface area contributed by atoms with Crippen LogP contribution in [-0.2, 0) is 0 Å². The molecule has 0 saturated carbocycles. The van der Waals surface area contributed by atoms with E-state index in [-0.39, 0.29) is 11.9 Å². The van der Waals surface area contributed by atoms with Gasteiger partial charge in [0.05, 0.1) is 5.69 Å². The number of nitrogens with one attached hydrogen (secondary N) is 1. The maximum Gasteiger partial charge on any atom is 0.270 e. The lowest BCUT2D eigenvalue weighted by Crippen LogP contribution is -2.36. The summed E-state index contributed by atoms with van der Waals surface area (Å²) in [7, 11) is 0. The van der Waals surface area contributed by atoms with Crippen LogP contribution in [0.1, 0.15) is 16.9 Å². The molecule has 1 fully saturated rings. The van der Waals surface area contributed by atoms with E-state index in [1.165, 1.54) is 0 Å². The lowest BCUT2D eigenvalue weighted by molar-refractivity contribution is 0.0934. The summed E-state index contributed by atoms with van der Waals surface area (Å²) in [6, 6.07) is 15.2. The van der Waals surface area contributed by atoms with Gasteiger partial charge >= 0.3 is 0 Å². The minimum Gasteiger partial charge on any atom is -0.346 e. The first-order valence-electron chi connectivity index (χ1n) is 7.24. The number of pyridine rings is 1. The van der Waals surface area contributed by atoms with Gasteiger partial charge in [-0.15, -0.1) is 0 Å². The highest BCUT2D eigenvalue weighted by atomic mass is 16.1. The van der Waals surface area contributed by atoms with Crippen LogP contribution < -0.4 is 5.32 Å². The zero-order valence-electron chi connectivity index (χ0n) is 12.1. The molecule has 5 heteroatoms. The van der Waals surface area contributed by atoms with Gasteiger partial charge < -0.3 is 10.2 Å². The largest absolute Gasteiger partial charge is 0.346 e. The SMILES string of the molecule is N#CN1CC[C@@H](NC(=O)c2cccc(-c3ccccc3)n2)C1. The fourth-order valence-corrected chi connectivity index (χ4v) is 2.56. The Kier molecular flexibility index (Phi) is 4.01. The second kappa shape index (κ2) is 6.27. The van der Waals surface area contributed by atoms with E-state index in [1.54, 1.807) is 11.0 Å². The first-order valence-corrected chi connectivity index (χ1v) is 7.24. The molecule has 1 saturated heterocycles. The lowest BCUT2D eigenvalue weighted by atomic mass is 10.1. The first kappa shape index (κ1) is 14.1. The van der Waals surface area contributed by atoms with E-state index in [4.69, 9.17) is 5.26 Å². The quantitative estimate of drug-likeness (QED) is 0.879. The molecule has 1 N–H and O–H groups in total. The molecule has 1 atom stereocenters. The van der Waals surface area contributed by atoms with Crippen LogP contribution in [0, 0.1) is 11.5 Å². The van der Waals surface area contributed by atoms with Crippen molar-refractivity contribution in [1.82, 2.24) is 15.2 Å². The van der Waals surface area contributed by atoms with Gasteiger partial charge in [0.15, 0.2) is 6.19 Å². The summed E-state index contributed by atoms with van der Waals surface area (Å²) in [5, 5.41) is 11.8. The molecule has 2 aromatic rings.